The summed E-state index contributed by atoms with van der Waals surface area (Å²) in [6.45, 7) is -0.912. The number of nitrogens with one attached hydrogen (secondary N) is 2. The number of carbonyl (C=O) groups is 1. The number of aliphatic carboxylic acids is 1. The monoisotopic (exact) mass is 986 g/mol. The molecular formula is C38H56F6N4O11S4. The van der Waals surface area contributed by atoms with E-state index >= 15 is 8.78 Å². The van der Waals surface area contributed by atoms with E-state index in [9.17, 15) is 56.0 Å². The standard InChI is InChI=1S/C22H33F3N2O6S2.C16H23F3N2O5S2/c23-17-18(24)22(34(30,31)14-10-6-2-5-9-13-16(28)29)20(19(25)21(17)35(26,32)33)27-15-11-7-3-1-4-8-12-15;17-11-12(18)16(27(23,24)9-8-22)14(13(19)15(11)28(20,25)26)21-10-6-4-2-1-3-5-7-10/h15,27H,1-14H2,(H,28,29)(H2,26,32,33);10,21-22H,1-9H2,(H2,20,25,26). The highest BCUT2D eigenvalue weighted by atomic mass is 32.2. The number of aliphatic hydroxyl groups is 1. The number of nitrogens with two attached hydrogens (primary N) is 2. The van der Waals surface area contributed by atoms with Crippen molar-refractivity contribution in [1.82, 2.24) is 0 Å². The Morgan fingerprint density at radius 1 is 0.492 bits per heavy atom. The molecule has 25 heteroatoms. The smallest absolute Gasteiger partial charge is 0.303 e. The minimum Gasteiger partial charge on any atom is -0.481 e. The van der Waals surface area contributed by atoms with Crippen LogP contribution in [-0.2, 0) is 44.5 Å². The maximum Gasteiger partial charge on any atom is 0.303 e. The van der Waals surface area contributed by atoms with E-state index < -0.39 is 142 Å². The molecule has 0 amide bonds. The average Bonchev–Trinajstić information content (AvgIpc) is 3.13. The number of halogens is 6. The normalized spacial score (nSPS) is 16.5. The van der Waals surface area contributed by atoms with Crippen LogP contribution in [0.15, 0.2) is 19.6 Å². The first-order valence-electron chi connectivity index (χ1n) is 20.6. The molecule has 0 spiro atoms. The summed E-state index contributed by atoms with van der Waals surface area (Å²) < 4.78 is 186. The van der Waals surface area contributed by atoms with Gasteiger partial charge in [-0.05, 0) is 38.5 Å². The number of sulfone groups is 2. The Morgan fingerprint density at radius 2 is 0.810 bits per heavy atom. The van der Waals surface area contributed by atoms with E-state index in [0.717, 1.165) is 64.2 Å². The fourth-order valence-corrected chi connectivity index (χ4v) is 11.9. The number of hydrogen-bond acceptors (Lipinski definition) is 12. The van der Waals surface area contributed by atoms with Crippen molar-refractivity contribution in [3.63, 3.8) is 0 Å². The Labute approximate surface area is 364 Å². The first kappa shape index (κ1) is 54.1. The van der Waals surface area contributed by atoms with Crippen molar-refractivity contribution in [1.29, 1.82) is 0 Å². The molecule has 0 unspecified atom stereocenters. The van der Waals surface area contributed by atoms with Gasteiger partial charge in [0.15, 0.2) is 64.4 Å². The zero-order valence-electron chi connectivity index (χ0n) is 34.5. The second-order valence-electron chi connectivity index (χ2n) is 15.7. The number of anilines is 2. The summed E-state index contributed by atoms with van der Waals surface area (Å²) in [6.07, 6.45) is 12.8. The summed E-state index contributed by atoms with van der Waals surface area (Å²) >= 11 is 0. The molecule has 360 valence electrons. The van der Waals surface area contributed by atoms with Crippen molar-refractivity contribution in [2.45, 2.75) is 160 Å². The largest absolute Gasteiger partial charge is 0.481 e. The molecule has 8 N–H and O–H groups in total. The molecular weight excluding hydrogens is 931 g/mol. The minimum atomic E-state index is -5.03. The number of benzene rings is 2. The van der Waals surface area contributed by atoms with Gasteiger partial charge in [-0.1, -0.05) is 83.5 Å². The van der Waals surface area contributed by atoms with Gasteiger partial charge < -0.3 is 20.8 Å². The molecule has 0 heterocycles. The Balaban J connectivity index is 0.000000344. The average molecular weight is 987 g/mol. The van der Waals surface area contributed by atoms with Gasteiger partial charge in [0.25, 0.3) is 0 Å². The van der Waals surface area contributed by atoms with Crippen LogP contribution in [0, 0.1) is 34.9 Å². The third-order valence-electron chi connectivity index (χ3n) is 10.7. The summed E-state index contributed by atoms with van der Waals surface area (Å²) in [5.74, 6) is -14.5. The van der Waals surface area contributed by atoms with Crippen LogP contribution >= 0.6 is 0 Å². The van der Waals surface area contributed by atoms with E-state index in [0.29, 0.717) is 51.4 Å². The van der Waals surface area contributed by atoms with E-state index in [1.54, 1.807) is 0 Å². The molecule has 0 saturated heterocycles. The summed E-state index contributed by atoms with van der Waals surface area (Å²) in [4.78, 5) is 4.52. The molecule has 2 saturated carbocycles. The van der Waals surface area contributed by atoms with Crippen LogP contribution in [0.25, 0.3) is 0 Å². The van der Waals surface area contributed by atoms with Crippen molar-refractivity contribution in [3.05, 3.63) is 34.9 Å². The summed E-state index contributed by atoms with van der Waals surface area (Å²) in [5.41, 5.74) is -1.87. The Kier molecular flexibility index (Phi) is 20.4. The zero-order valence-corrected chi connectivity index (χ0v) is 37.8. The molecule has 0 aliphatic heterocycles. The summed E-state index contributed by atoms with van der Waals surface area (Å²) in [5, 5.41) is 32.5. The molecule has 0 atom stereocenters. The van der Waals surface area contributed by atoms with E-state index in [2.05, 4.69) is 10.6 Å². The van der Waals surface area contributed by atoms with Crippen LogP contribution in [-0.4, -0.2) is 80.0 Å². The molecule has 2 aliphatic rings. The SMILES string of the molecule is NS(=O)(=O)c1c(F)c(F)c(S(=O)(=O)CCCCCCCC(=O)O)c(NC2CCCCCCC2)c1F.NS(=O)(=O)c1c(F)c(F)c(S(=O)(=O)CCO)c(NC2CCCCCCC2)c1F. The van der Waals surface area contributed by atoms with Crippen molar-refractivity contribution in [2.75, 3.05) is 28.7 Å². The van der Waals surface area contributed by atoms with Gasteiger partial charge in [-0.3, -0.25) is 4.79 Å². The van der Waals surface area contributed by atoms with Crippen molar-refractivity contribution in [2.24, 2.45) is 10.3 Å². The number of aliphatic hydroxyl groups excluding tert-OH is 1. The van der Waals surface area contributed by atoms with Crippen LogP contribution in [0.1, 0.15) is 128 Å². The maximum absolute atomic E-state index is 15.3. The molecule has 4 rings (SSSR count). The van der Waals surface area contributed by atoms with E-state index in [1.807, 2.05) is 0 Å². The summed E-state index contributed by atoms with van der Waals surface area (Å²) in [7, 11) is -19.2. The fourth-order valence-electron chi connectivity index (χ4n) is 7.61. The third kappa shape index (κ3) is 15.2. The van der Waals surface area contributed by atoms with Gasteiger partial charge in [-0.2, -0.15) is 0 Å². The van der Waals surface area contributed by atoms with Crippen molar-refractivity contribution in [3.8, 4) is 0 Å². The third-order valence-corrected chi connectivity index (χ3v) is 16.1. The van der Waals surface area contributed by atoms with Crippen LogP contribution in [0.2, 0.25) is 0 Å². The van der Waals surface area contributed by atoms with Gasteiger partial charge in [0.2, 0.25) is 20.0 Å². The number of carboxylic acid groups (broad SMARTS) is 1. The van der Waals surface area contributed by atoms with Gasteiger partial charge in [0.05, 0.1) is 29.5 Å². The number of carboxylic acids is 1. The van der Waals surface area contributed by atoms with Crippen LogP contribution in [0.4, 0.5) is 37.7 Å². The van der Waals surface area contributed by atoms with Crippen LogP contribution in [0.3, 0.4) is 0 Å². The second kappa shape index (κ2) is 23.8. The Bertz CT molecular complexity index is 2360. The van der Waals surface area contributed by atoms with E-state index in [-0.39, 0.29) is 12.8 Å². The van der Waals surface area contributed by atoms with Crippen LogP contribution in [0.5, 0.6) is 0 Å². The van der Waals surface area contributed by atoms with Gasteiger partial charge in [0, 0.05) is 18.5 Å². The minimum absolute atomic E-state index is 0.00530. The number of hydrogen-bond donors (Lipinski definition) is 6. The first-order chi connectivity index (χ1) is 29.4. The molecule has 2 fully saturated rings. The van der Waals surface area contributed by atoms with Crippen LogP contribution < -0.4 is 20.9 Å². The first-order valence-corrected chi connectivity index (χ1v) is 27.0. The Morgan fingerprint density at radius 3 is 1.16 bits per heavy atom. The summed E-state index contributed by atoms with van der Waals surface area (Å²) in [6, 6.07) is -0.915. The number of primary sulfonamides is 2. The van der Waals surface area contributed by atoms with E-state index in [1.165, 1.54) is 0 Å². The molecule has 2 aliphatic carbocycles. The van der Waals surface area contributed by atoms with Crippen molar-refractivity contribution < 1.29 is 75.0 Å². The lowest BCUT2D eigenvalue weighted by atomic mass is 9.96. The van der Waals surface area contributed by atoms with Gasteiger partial charge >= 0.3 is 5.97 Å². The molecule has 0 aromatic heterocycles. The number of rotatable bonds is 18. The topological polar surface area (TPSA) is 270 Å². The number of unbranched alkanes of at least 4 members (excludes halogenated alkanes) is 4. The van der Waals surface area contributed by atoms with Crippen molar-refractivity contribution >= 4 is 57.1 Å². The van der Waals surface area contributed by atoms with Gasteiger partial charge in [-0.15, -0.1) is 0 Å². The van der Waals surface area contributed by atoms with Gasteiger partial charge in [-0.25, -0.2) is 70.3 Å². The highest BCUT2D eigenvalue weighted by Gasteiger charge is 2.38. The predicted octanol–water partition coefficient (Wildman–Crippen LogP) is 6.52. The quantitative estimate of drug-likeness (QED) is 0.0529. The molecule has 2 aromatic rings. The zero-order chi connectivity index (χ0) is 47.3. The second-order valence-corrected chi connectivity index (χ2v) is 22.8. The molecule has 0 bridgehead atoms. The lowest BCUT2D eigenvalue weighted by Crippen LogP contribution is -2.27. The van der Waals surface area contributed by atoms with E-state index in [4.69, 9.17) is 20.5 Å². The number of sulfonamides is 2. The fraction of sp³-hybridized carbons (Fsp3) is 0.658. The highest BCUT2D eigenvalue weighted by Crippen LogP contribution is 2.39. The molecule has 0 radical (unpaired) electrons. The maximum atomic E-state index is 15.3. The van der Waals surface area contributed by atoms with Gasteiger partial charge in [0.1, 0.15) is 9.79 Å². The molecule has 15 nitrogen and oxygen atoms in total. The molecule has 63 heavy (non-hydrogen) atoms. The lowest BCUT2D eigenvalue weighted by molar-refractivity contribution is -0.137. The highest BCUT2D eigenvalue weighted by molar-refractivity contribution is 7.92. The predicted molar refractivity (Wildman–Crippen MR) is 221 cm³/mol. The Hall–Kier alpha value is -3.23. The lowest BCUT2D eigenvalue weighted by Gasteiger charge is -2.25. The molecule has 2 aromatic carbocycles.